The van der Waals surface area contributed by atoms with E-state index in [1.54, 1.807) is 0 Å². The van der Waals surface area contributed by atoms with Gasteiger partial charge in [0.25, 0.3) is 0 Å². The van der Waals surface area contributed by atoms with Crippen LogP contribution in [-0.2, 0) is 9.47 Å². The Morgan fingerprint density at radius 3 is 2.50 bits per heavy atom. The van der Waals surface area contributed by atoms with Gasteiger partial charge >= 0.3 is 0 Å². The first kappa shape index (κ1) is 22.5. The van der Waals surface area contributed by atoms with E-state index in [-0.39, 0.29) is 28.7 Å². The van der Waals surface area contributed by atoms with Crippen molar-refractivity contribution in [1.29, 1.82) is 0 Å². The zero-order valence-electron chi connectivity index (χ0n) is 16.2. The quantitative estimate of drug-likeness (QED) is 0.355. The summed E-state index contributed by atoms with van der Waals surface area (Å²) in [7, 11) is 0. The fourth-order valence-corrected chi connectivity index (χ4v) is 4.76. The average Bonchev–Trinajstić information content (AvgIpc) is 3.16. The van der Waals surface area contributed by atoms with E-state index < -0.39 is 0 Å². The number of nitrogens with zero attached hydrogens (tertiary/aromatic N) is 3. The third-order valence-corrected chi connectivity index (χ3v) is 7.12. The van der Waals surface area contributed by atoms with Crippen LogP contribution in [0.4, 0.5) is 0 Å². The summed E-state index contributed by atoms with van der Waals surface area (Å²) in [5.74, 6) is 1.10. The van der Waals surface area contributed by atoms with Crippen molar-refractivity contribution in [3.63, 3.8) is 0 Å². The van der Waals surface area contributed by atoms with Gasteiger partial charge in [0.1, 0.15) is 0 Å². The molecule has 1 unspecified atom stereocenters. The van der Waals surface area contributed by atoms with Crippen molar-refractivity contribution in [3.8, 4) is 0 Å². The van der Waals surface area contributed by atoms with Crippen LogP contribution >= 0.6 is 35.7 Å². The molecule has 3 fully saturated rings. The van der Waals surface area contributed by atoms with Gasteiger partial charge in [-0.2, -0.15) is 11.8 Å². The Kier molecular flexibility index (Phi) is 9.77. The monoisotopic (exact) mass is 498 g/mol. The Morgan fingerprint density at radius 2 is 1.85 bits per heavy atom. The molecule has 0 amide bonds. The molecule has 3 heterocycles. The van der Waals surface area contributed by atoms with Crippen LogP contribution in [0.5, 0.6) is 0 Å². The number of rotatable bonds is 5. The Bertz CT molecular complexity index is 443. The van der Waals surface area contributed by atoms with Crippen molar-refractivity contribution in [2.45, 2.75) is 37.0 Å². The molecule has 0 spiro atoms. The molecule has 3 saturated heterocycles. The van der Waals surface area contributed by atoms with E-state index in [4.69, 9.17) is 14.5 Å². The summed E-state index contributed by atoms with van der Waals surface area (Å²) >= 11 is 1.96. The zero-order chi connectivity index (χ0) is 17.5. The van der Waals surface area contributed by atoms with Crippen LogP contribution in [-0.4, -0.2) is 98.5 Å². The highest BCUT2D eigenvalue weighted by molar-refractivity contribution is 14.0. The van der Waals surface area contributed by atoms with Gasteiger partial charge in [0.05, 0.1) is 19.8 Å². The molecule has 3 aliphatic heterocycles. The van der Waals surface area contributed by atoms with Crippen molar-refractivity contribution in [1.82, 2.24) is 15.1 Å². The lowest BCUT2D eigenvalue weighted by Gasteiger charge is -2.35. The number of nitrogens with one attached hydrogen (secondary N) is 1. The molecule has 1 atom stereocenters. The van der Waals surface area contributed by atoms with E-state index in [1.807, 2.05) is 11.8 Å². The van der Waals surface area contributed by atoms with E-state index in [2.05, 4.69) is 28.3 Å². The van der Waals surface area contributed by atoms with Crippen molar-refractivity contribution >= 4 is 41.7 Å². The van der Waals surface area contributed by atoms with Crippen LogP contribution in [0.25, 0.3) is 0 Å². The molecule has 3 aliphatic rings. The van der Waals surface area contributed by atoms with E-state index in [9.17, 15) is 0 Å². The number of aliphatic imine (C=N–C) groups is 1. The van der Waals surface area contributed by atoms with E-state index >= 15 is 0 Å². The molecule has 1 N–H and O–H groups in total. The lowest BCUT2D eigenvalue weighted by atomic mass is 9.99. The molecule has 3 rings (SSSR count). The molecule has 0 aromatic heterocycles. The van der Waals surface area contributed by atoms with Gasteiger partial charge in [0.2, 0.25) is 0 Å². The number of hydrogen-bond donors (Lipinski definition) is 1. The van der Waals surface area contributed by atoms with Crippen molar-refractivity contribution in [2.75, 3.05) is 72.0 Å². The first-order valence-corrected chi connectivity index (χ1v) is 11.0. The predicted octanol–water partition coefficient (Wildman–Crippen LogP) is 1.89. The van der Waals surface area contributed by atoms with Crippen LogP contribution in [0, 0.1) is 0 Å². The molecule has 8 heteroatoms. The van der Waals surface area contributed by atoms with Gasteiger partial charge < -0.3 is 19.7 Å². The standard InChI is InChI=1S/C18H34N4O2S.HI/c1-3-19-17(20-15-18(25-2)5-10-23-11-6-18)22-7-4-16(14-22)21-8-12-24-13-9-21;/h16H,3-15H2,1-2H3,(H,19,20);1H. The summed E-state index contributed by atoms with van der Waals surface area (Å²) in [5, 5.41) is 3.52. The highest BCUT2D eigenvalue weighted by Crippen LogP contribution is 2.34. The third kappa shape index (κ3) is 5.86. The summed E-state index contributed by atoms with van der Waals surface area (Å²) in [5.41, 5.74) is 0. The lowest BCUT2D eigenvalue weighted by molar-refractivity contribution is 0.0195. The van der Waals surface area contributed by atoms with E-state index in [0.717, 1.165) is 84.5 Å². The summed E-state index contributed by atoms with van der Waals surface area (Å²) in [4.78, 5) is 10.1. The van der Waals surface area contributed by atoms with Gasteiger partial charge in [-0.1, -0.05) is 0 Å². The van der Waals surface area contributed by atoms with Gasteiger partial charge in [-0.25, -0.2) is 0 Å². The lowest BCUT2D eigenvalue weighted by Crippen LogP contribution is -2.47. The van der Waals surface area contributed by atoms with Gasteiger partial charge in [0, 0.05) is 56.7 Å². The summed E-state index contributed by atoms with van der Waals surface area (Å²) < 4.78 is 11.3. The van der Waals surface area contributed by atoms with Crippen molar-refractivity contribution in [2.24, 2.45) is 4.99 Å². The number of guanidine groups is 1. The molecule has 0 aliphatic carbocycles. The van der Waals surface area contributed by atoms with E-state index in [0.29, 0.717) is 6.04 Å². The Labute approximate surface area is 179 Å². The predicted molar refractivity (Wildman–Crippen MR) is 120 cm³/mol. The maximum Gasteiger partial charge on any atom is 0.194 e. The average molecular weight is 498 g/mol. The Hall–Kier alpha value is 0.230. The SMILES string of the molecule is CCNC(=NCC1(SC)CCOCC1)N1CCC(N2CCOCC2)C1.I. The van der Waals surface area contributed by atoms with Gasteiger partial charge in [0.15, 0.2) is 5.96 Å². The Balaban J connectivity index is 0.00000243. The second kappa shape index (κ2) is 11.3. The number of ether oxygens (including phenoxy) is 2. The maximum absolute atomic E-state index is 5.56. The van der Waals surface area contributed by atoms with Crippen LogP contribution in [0.2, 0.25) is 0 Å². The molecule has 26 heavy (non-hydrogen) atoms. The molecule has 0 aromatic rings. The summed E-state index contributed by atoms with van der Waals surface area (Å²) in [6.45, 7) is 11.8. The topological polar surface area (TPSA) is 49.3 Å². The number of likely N-dealkylation sites (tertiary alicyclic amines) is 1. The van der Waals surface area contributed by atoms with Crippen LogP contribution in [0.1, 0.15) is 26.2 Å². The van der Waals surface area contributed by atoms with Gasteiger partial charge in [-0.3, -0.25) is 9.89 Å². The molecule has 152 valence electrons. The van der Waals surface area contributed by atoms with Crippen LogP contribution < -0.4 is 5.32 Å². The third-order valence-electron chi connectivity index (χ3n) is 5.71. The van der Waals surface area contributed by atoms with E-state index in [1.165, 1.54) is 6.42 Å². The minimum Gasteiger partial charge on any atom is -0.381 e. The molecule has 0 saturated carbocycles. The zero-order valence-corrected chi connectivity index (χ0v) is 19.4. The fraction of sp³-hybridized carbons (Fsp3) is 0.944. The number of halogens is 1. The maximum atomic E-state index is 5.56. The number of morpholine rings is 1. The normalized spacial score (nSPS) is 27.2. The van der Waals surface area contributed by atoms with Crippen LogP contribution in [0.3, 0.4) is 0 Å². The number of thioether (sulfide) groups is 1. The summed E-state index contributed by atoms with van der Waals surface area (Å²) in [6, 6.07) is 0.644. The molecular weight excluding hydrogens is 463 g/mol. The minimum absolute atomic E-state index is 0. The fourth-order valence-electron chi connectivity index (χ4n) is 3.99. The van der Waals surface area contributed by atoms with Crippen molar-refractivity contribution < 1.29 is 9.47 Å². The minimum atomic E-state index is 0. The van der Waals surface area contributed by atoms with Gasteiger partial charge in [-0.05, 0) is 32.4 Å². The smallest absolute Gasteiger partial charge is 0.194 e. The molecule has 6 nitrogen and oxygen atoms in total. The summed E-state index contributed by atoms with van der Waals surface area (Å²) in [6.07, 6.45) is 5.66. The van der Waals surface area contributed by atoms with Crippen LogP contribution in [0.15, 0.2) is 4.99 Å². The second-order valence-corrected chi connectivity index (χ2v) is 8.48. The molecule has 0 bridgehead atoms. The molecule has 0 radical (unpaired) electrons. The largest absolute Gasteiger partial charge is 0.381 e. The molecular formula is C18H35IN4O2S. The van der Waals surface area contributed by atoms with Crippen molar-refractivity contribution in [3.05, 3.63) is 0 Å². The molecule has 0 aromatic carbocycles. The highest BCUT2D eigenvalue weighted by atomic mass is 127. The van der Waals surface area contributed by atoms with Gasteiger partial charge in [-0.15, -0.1) is 24.0 Å². The first-order valence-electron chi connectivity index (χ1n) is 9.74. The first-order chi connectivity index (χ1) is 12.3. The Morgan fingerprint density at radius 1 is 1.15 bits per heavy atom. The highest BCUT2D eigenvalue weighted by Gasteiger charge is 2.33. The second-order valence-electron chi connectivity index (χ2n) is 7.21. The number of hydrogen-bond acceptors (Lipinski definition) is 5.